The Morgan fingerprint density at radius 1 is 1.00 bits per heavy atom. The van der Waals surface area contributed by atoms with Crippen molar-refractivity contribution < 1.29 is 14.3 Å². The maximum atomic E-state index is 12.6. The molecule has 0 spiro atoms. The molecule has 4 nitrogen and oxygen atoms in total. The normalized spacial score (nSPS) is 21.5. The van der Waals surface area contributed by atoms with Gasteiger partial charge in [0.25, 0.3) is 0 Å². The number of hydrogen-bond donors (Lipinski definition) is 0. The molecule has 2 heterocycles. The van der Waals surface area contributed by atoms with Crippen molar-refractivity contribution in [2.75, 3.05) is 19.9 Å². The van der Waals surface area contributed by atoms with Gasteiger partial charge in [0.05, 0.1) is 0 Å². The van der Waals surface area contributed by atoms with Crippen LogP contribution in [0, 0.1) is 11.8 Å². The Morgan fingerprint density at radius 2 is 1.76 bits per heavy atom. The number of rotatable bonds is 4. The number of fused-ring (bicyclic) bond motifs is 1. The van der Waals surface area contributed by atoms with Gasteiger partial charge in [-0.3, -0.25) is 4.79 Å². The topological polar surface area (TPSA) is 38.8 Å². The van der Waals surface area contributed by atoms with Crippen LogP contribution >= 0.6 is 0 Å². The van der Waals surface area contributed by atoms with Crippen molar-refractivity contribution in [1.82, 2.24) is 4.90 Å². The molecule has 0 unspecified atom stereocenters. The molecule has 25 heavy (non-hydrogen) atoms. The van der Waals surface area contributed by atoms with Crippen molar-refractivity contribution in [1.29, 1.82) is 0 Å². The van der Waals surface area contributed by atoms with Gasteiger partial charge >= 0.3 is 0 Å². The second kappa shape index (κ2) is 7.67. The van der Waals surface area contributed by atoms with Crippen LogP contribution in [0.3, 0.4) is 0 Å². The van der Waals surface area contributed by atoms with E-state index in [1.165, 1.54) is 31.2 Å². The molecule has 1 aromatic carbocycles. The number of carbonyl (C=O) groups is 1. The average Bonchev–Trinajstić information content (AvgIpc) is 3.15. The van der Waals surface area contributed by atoms with Crippen molar-refractivity contribution in [2.45, 2.75) is 57.8 Å². The third-order valence-corrected chi connectivity index (χ3v) is 6.16. The number of carbonyl (C=O) groups excluding carboxylic acids is 1. The number of hydrogen-bond acceptors (Lipinski definition) is 3. The molecule has 4 heteroatoms. The summed E-state index contributed by atoms with van der Waals surface area (Å²) >= 11 is 0. The van der Waals surface area contributed by atoms with Crippen LogP contribution in [0.4, 0.5) is 0 Å². The number of aryl methyl sites for hydroxylation is 1. The number of piperidine rings is 1. The van der Waals surface area contributed by atoms with Gasteiger partial charge in [-0.05, 0) is 62.1 Å². The van der Waals surface area contributed by atoms with Crippen LogP contribution < -0.4 is 9.47 Å². The van der Waals surface area contributed by atoms with Gasteiger partial charge < -0.3 is 14.4 Å². The highest BCUT2D eigenvalue weighted by Crippen LogP contribution is 2.34. The van der Waals surface area contributed by atoms with Gasteiger partial charge in [0.2, 0.25) is 12.7 Å². The number of likely N-dealkylation sites (tertiary alicyclic amines) is 1. The summed E-state index contributed by atoms with van der Waals surface area (Å²) in [6.45, 7) is 2.26. The van der Waals surface area contributed by atoms with Gasteiger partial charge in [-0.15, -0.1) is 0 Å². The van der Waals surface area contributed by atoms with E-state index in [0.29, 0.717) is 18.6 Å². The highest BCUT2D eigenvalue weighted by Gasteiger charge is 2.29. The molecule has 1 saturated heterocycles. The van der Waals surface area contributed by atoms with Crippen molar-refractivity contribution in [3.05, 3.63) is 23.8 Å². The fraction of sp³-hybridized carbons (Fsp3) is 0.667. The molecule has 2 aliphatic heterocycles. The Kier molecular flexibility index (Phi) is 5.14. The number of amides is 1. The third kappa shape index (κ3) is 3.94. The SMILES string of the molecule is O=C(C1CCCCC1)N1CCC(CCc2ccc3c(c2)OCO3)CC1. The van der Waals surface area contributed by atoms with Gasteiger partial charge in [-0.1, -0.05) is 25.3 Å². The lowest BCUT2D eigenvalue weighted by molar-refractivity contribution is -0.138. The Morgan fingerprint density at radius 3 is 2.56 bits per heavy atom. The smallest absolute Gasteiger partial charge is 0.231 e. The number of ether oxygens (including phenoxy) is 2. The van der Waals surface area contributed by atoms with Crippen LogP contribution in [-0.2, 0) is 11.2 Å². The van der Waals surface area contributed by atoms with Crippen LogP contribution in [-0.4, -0.2) is 30.7 Å². The summed E-state index contributed by atoms with van der Waals surface area (Å²) in [5.41, 5.74) is 1.32. The molecule has 136 valence electrons. The highest BCUT2D eigenvalue weighted by atomic mass is 16.7. The first-order valence-electron chi connectivity index (χ1n) is 9.97. The lowest BCUT2D eigenvalue weighted by Crippen LogP contribution is -2.42. The summed E-state index contributed by atoms with van der Waals surface area (Å²) in [7, 11) is 0. The monoisotopic (exact) mass is 343 g/mol. The van der Waals surface area contributed by atoms with E-state index in [1.807, 2.05) is 6.07 Å². The zero-order chi connectivity index (χ0) is 17.1. The van der Waals surface area contributed by atoms with Gasteiger partial charge in [0, 0.05) is 19.0 Å². The lowest BCUT2D eigenvalue weighted by Gasteiger charge is -2.35. The Labute approximate surface area is 150 Å². The largest absolute Gasteiger partial charge is 0.454 e. The molecule has 1 aromatic rings. The first kappa shape index (κ1) is 16.7. The summed E-state index contributed by atoms with van der Waals surface area (Å²) in [6.07, 6.45) is 10.6. The van der Waals surface area contributed by atoms with Crippen LogP contribution in [0.15, 0.2) is 18.2 Å². The van der Waals surface area contributed by atoms with Crippen molar-refractivity contribution in [3.63, 3.8) is 0 Å². The molecule has 3 aliphatic rings. The molecule has 1 aliphatic carbocycles. The molecule has 1 saturated carbocycles. The number of nitrogens with zero attached hydrogens (tertiary/aromatic N) is 1. The van der Waals surface area contributed by atoms with E-state index in [4.69, 9.17) is 9.47 Å². The van der Waals surface area contributed by atoms with E-state index in [0.717, 1.165) is 62.6 Å². The van der Waals surface area contributed by atoms with E-state index in [-0.39, 0.29) is 0 Å². The summed E-state index contributed by atoms with van der Waals surface area (Å²) in [6, 6.07) is 6.28. The van der Waals surface area contributed by atoms with E-state index < -0.39 is 0 Å². The Bertz CT molecular complexity index is 601. The molecular weight excluding hydrogens is 314 g/mol. The van der Waals surface area contributed by atoms with Crippen molar-refractivity contribution in [2.24, 2.45) is 11.8 Å². The molecule has 0 atom stereocenters. The maximum absolute atomic E-state index is 12.6. The lowest BCUT2D eigenvalue weighted by atomic mass is 9.86. The molecule has 2 fully saturated rings. The zero-order valence-electron chi connectivity index (χ0n) is 15.0. The standard InChI is InChI=1S/C21H29NO3/c23-21(18-4-2-1-3-5-18)22-12-10-16(11-13-22)6-7-17-8-9-19-20(14-17)25-15-24-19/h8-9,14,16,18H,1-7,10-13,15H2. The minimum absolute atomic E-state index is 0.318. The van der Waals surface area contributed by atoms with Gasteiger partial charge in [-0.25, -0.2) is 0 Å². The van der Waals surface area contributed by atoms with Gasteiger partial charge in [-0.2, -0.15) is 0 Å². The quantitative estimate of drug-likeness (QED) is 0.824. The van der Waals surface area contributed by atoms with Gasteiger partial charge in [0.15, 0.2) is 11.5 Å². The van der Waals surface area contributed by atoms with Crippen molar-refractivity contribution >= 4 is 5.91 Å². The summed E-state index contributed by atoms with van der Waals surface area (Å²) in [4.78, 5) is 14.8. The van der Waals surface area contributed by atoms with Gasteiger partial charge in [0.1, 0.15) is 0 Å². The molecule has 0 N–H and O–H groups in total. The molecule has 1 amide bonds. The summed E-state index contributed by atoms with van der Waals surface area (Å²) in [5, 5.41) is 0. The minimum atomic E-state index is 0.318. The first-order valence-corrected chi connectivity index (χ1v) is 9.97. The maximum Gasteiger partial charge on any atom is 0.231 e. The highest BCUT2D eigenvalue weighted by molar-refractivity contribution is 5.79. The van der Waals surface area contributed by atoms with E-state index >= 15 is 0 Å². The average molecular weight is 343 g/mol. The fourth-order valence-corrected chi connectivity index (χ4v) is 4.52. The second-order valence-corrected chi connectivity index (χ2v) is 7.83. The number of benzene rings is 1. The molecule has 0 radical (unpaired) electrons. The molecule has 0 aromatic heterocycles. The predicted molar refractivity (Wildman–Crippen MR) is 96.8 cm³/mol. The van der Waals surface area contributed by atoms with Crippen LogP contribution in [0.1, 0.15) is 56.9 Å². The van der Waals surface area contributed by atoms with E-state index in [2.05, 4.69) is 17.0 Å². The Balaban J connectivity index is 1.23. The second-order valence-electron chi connectivity index (χ2n) is 7.83. The van der Waals surface area contributed by atoms with Crippen molar-refractivity contribution in [3.8, 4) is 11.5 Å². The molecule has 0 bridgehead atoms. The fourth-order valence-electron chi connectivity index (χ4n) is 4.52. The zero-order valence-corrected chi connectivity index (χ0v) is 15.0. The first-order chi connectivity index (χ1) is 12.3. The van der Waals surface area contributed by atoms with E-state index in [9.17, 15) is 4.79 Å². The predicted octanol–water partition coefficient (Wildman–Crippen LogP) is 4.17. The van der Waals surface area contributed by atoms with Crippen LogP contribution in [0.2, 0.25) is 0 Å². The van der Waals surface area contributed by atoms with E-state index in [1.54, 1.807) is 0 Å². The van der Waals surface area contributed by atoms with Crippen LogP contribution in [0.25, 0.3) is 0 Å². The molecule has 4 rings (SSSR count). The van der Waals surface area contributed by atoms with Crippen LogP contribution in [0.5, 0.6) is 11.5 Å². The molecular formula is C21H29NO3. The minimum Gasteiger partial charge on any atom is -0.454 e. The Hall–Kier alpha value is -1.71. The summed E-state index contributed by atoms with van der Waals surface area (Å²) in [5.74, 6) is 3.23. The summed E-state index contributed by atoms with van der Waals surface area (Å²) < 4.78 is 10.8. The third-order valence-electron chi connectivity index (χ3n) is 6.16.